The van der Waals surface area contributed by atoms with Crippen molar-refractivity contribution in [2.24, 2.45) is 0 Å². The summed E-state index contributed by atoms with van der Waals surface area (Å²) in [5.74, 6) is -1.27. The number of hydrogen-bond acceptors (Lipinski definition) is 2. The van der Waals surface area contributed by atoms with Crippen molar-refractivity contribution in [2.75, 3.05) is 7.11 Å². The van der Waals surface area contributed by atoms with Crippen molar-refractivity contribution in [3.05, 3.63) is 64.2 Å². The Morgan fingerprint density at radius 2 is 1.90 bits per heavy atom. The highest BCUT2D eigenvalue weighted by Crippen LogP contribution is 2.20. The lowest BCUT2D eigenvalue weighted by atomic mass is 10.0. The van der Waals surface area contributed by atoms with E-state index in [1.165, 1.54) is 31.4 Å². The van der Waals surface area contributed by atoms with Crippen LogP contribution in [0, 0.1) is 11.6 Å². The predicted octanol–water partition coefficient (Wildman–Crippen LogP) is 4.05. The minimum absolute atomic E-state index is 0.00285. The average molecular weight is 297 g/mol. The molecule has 0 heterocycles. The first-order chi connectivity index (χ1) is 9.51. The van der Waals surface area contributed by atoms with E-state index in [1.807, 2.05) is 0 Å². The van der Waals surface area contributed by atoms with Crippen molar-refractivity contribution in [3.8, 4) is 5.75 Å². The molecule has 0 aliphatic carbocycles. The summed E-state index contributed by atoms with van der Waals surface area (Å²) in [6.07, 6.45) is 0.00285. The van der Waals surface area contributed by atoms with Gasteiger partial charge in [0.1, 0.15) is 5.82 Å². The summed E-state index contributed by atoms with van der Waals surface area (Å²) in [6, 6.07) is 8.04. The van der Waals surface area contributed by atoms with Gasteiger partial charge >= 0.3 is 0 Å². The SMILES string of the molecule is COc1ccc(CC(=O)c2ccc(F)c(Cl)c2)cc1F. The molecule has 2 aromatic rings. The third-order valence-corrected chi connectivity index (χ3v) is 3.11. The lowest BCUT2D eigenvalue weighted by Crippen LogP contribution is -2.04. The minimum Gasteiger partial charge on any atom is -0.494 e. The van der Waals surface area contributed by atoms with E-state index in [9.17, 15) is 13.6 Å². The second kappa shape index (κ2) is 6.01. The number of methoxy groups -OCH3 is 1. The molecule has 0 atom stereocenters. The van der Waals surface area contributed by atoms with Crippen LogP contribution >= 0.6 is 11.6 Å². The van der Waals surface area contributed by atoms with Gasteiger partial charge in [0, 0.05) is 12.0 Å². The molecule has 104 valence electrons. The first kappa shape index (κ1) is 14.5. The molecule has 0 saturated carbocycles. The number of ether oxygens (including phenoxy) is 1. The molecule has 0 saturated heterocycles. The third kappa shape index (κ3) is 3.14. The van der Waals surface area contributed by atoms with Crippen LogP contribution in [-0.2, 0) is 6.42 Å². The molecule has 0 aliphatic heterocycles. The Bertz CT molecular complexity index is 656. The predicted molar refractivity (Wildman–Crippen MR) is 72.4 cm³/mol. The molecule has 0 N–H and O–H groups in total. The first-order valence-corrected chi connectivity index (χ1v) is 6.19. The molecule has 2 rings (SSSR count). The molecule has 0 amide bonds. The van der Waals surface area contributed by atoms with E-state index in [0.29, 0.717) is 5.56 Å². The normalized spacial score (nSPS) is 10.4. The van der Waals surface area contributed by atoms with Crippen LogP contribution in [0.2, 0.25) is 5.02 Å². The first-order valence-electron chi connectivity index (χ1n) is 5.82. The Hall–Kier alpha value is -1.94. The number of ketones is 1. The van der Waals surface area contributed by atoms with Crippen LogP contribution in [0.25, 0.3) is 0 Å². The Balaban J connectivity index is 2.19. The molecule has 0 fully saturated rings. The zero-order chi connectivity index (χ0) is 14.7. The molecule has 2 aromatic carbocycles. The molecular formula is C15H11ClF2O2. The van der Waals surface area contributed by atoms with Crippen LogP contribution in [-0.4, -0.2) is 12.9 Å². The Kier molecular flexibility index (Phi) is 4.35. The highest BCUT2D eigenvalue weighted by Gasteiger charge is 2.11. The average Bonchev–Trinajstić information content (AvgIpc) is 2.42. The molecule has 2 nitrogen and oxygen atoms in total. The van der Waals surface area contributed by atoms with Crippen molar-refractivity contribution in [3.63, 3.8) is 0 Å². The summed E-state index contributed by atoms with van der Waals surface area (Å²) < 4.78 is 31.3. The molecule has 0 radical (unpaired) electrons. The summed E-state index contributed by atoms with van der Waals surface area (Å²) in [7, 11) is 1.36. The number of Topliss-reactive ketones (excluding diaryl/α,β-unsaturated/α-hetero) is 1. The molecule has 0 aromatic heterocycles. The van der Waals surface area contributed by atoms with Gasteiger partial charge in [0.15, 0.2) is 17.3 Å². The molecule has 0 unspecified atom stereocenters. The number of benzene rings is 2. The zero-order valence-corrected chi connectivity index (χ0v) is 11.4. The Morgan fingerprint density at radius 3 is 2.50 bits per heavy atom. The minimum atomic E-state index is -0.585. The van der Waals surface area contributed by atoms with Gasteiger partial charge in [-0.15, -0.1) is 0 Å². The van der Waals surface area contributed by atoms with E-state index in [0.717, 1.165) is 6.07 Å². The fourth-order valence-electron chi connectivity index (χ4n) is 1.78. The molecular weight excluding hydrogens is 286 g/mol. The maximum absolute atomic E-state index is 13.5. The van der Waals surface area contributed by atoms with E-state index in [-0.39, 0.29) is 28.5 Å². The quantitative estimate of drug-likeness (QED) is 0.796. The van der Waals surface area contributed by atoms with E-state index < -0.39 is 11.6 Å². The van der Waals surface area contributed by atoms with Gasteiger partial charge in [-0.2, -0.15) is 0 Å². The summed E-state index contributed by atoms with van der Waals surface area (Å²) in [4.78, 5) is 12.0. The van der Waals surface area contributed by atoms with Crippen LogP contribution in [0.3, 0.4) is 0 Å². The van der Waals surface area contributed by atoms with Crippen molar-refractivity contribution >= 4 is 17.4 Å². The van der Waals surface area contributed by atoms with Gasteiger partial charge < -0.3 is 4.74 Å². The summed E-state index contributed by atoms with van der Waals surface area (Å²) in [6.45, 7) is 0. The number of halogens is 3. The van der Waals surface area contributed by atoms with Crippen molar-refractivity contribution < 1.29 is 18.3 Å². The van der Waals surface area contributed by atoms with Crippen LogP contribution in [0.5, 0.6) is 5.75 Å². The number of rotatable bonds is 4. The van der Waals surface area contributed by atoms with Crippen molar-refractivity contribution in [1.29, 1.82) is 0 Å². The van der Waals surface area contributed by atoms with Gasteiger partial charge in [-0.3, -0.25) is 4.79 Å². The maximum atomic E-state index is 13.5. The smallest absolute Gasteiger partial charge is 0.167 e. The van der Waals surface area contributed by atoms with Gasteiger partial charge in [0.25, 0.3) is 0 Å². The number of hydrogen-bond donors (Lipinski definition) is 0. The number of carbonyl (C=O) groups excluding carboxylic acids is 1. The van der Waals surface area contributed by atoms with Crippen LogP contribution in [0.15, 0.2) is 36.4 Å². The standard InChI is InChI=1S/C15H11ClF2O2/c1-20-15-5-2-9(6-13(15)18)7-14(19)10-3-4-12(17)11(16)8-10/h2-6,8H,7H2,1H3. The van der Waals surface area contributed by atoms with Gasteiger partial charge in [-0.05, 0) is 35.9 Å². The molecule has 20 heavy (non-hydrogen) atoms. The Morgan fingerprint density at radius 1 is 1.15 bits per heavy atom. The highest BCUT2D eigenvalue weighted by molar-refractivity contribution is 6.31. The Labute approximate surface area is 119 Å². The van der Waals surface area contributed by atoms with E-state index in [1.54, 1.807) is 6.07 Å². The maximum Gasteiger partial charge on any atom is 0.167 e. The van der Waals surface area contributed by atoms with Gasteiger partial charge in [-0.25, -0.2) is 8.78 Å². The molecule has 0 bridgehead atoms. The van der Waals surface area contributed by atoms with Gasteiger partial charge in [-0.1, -0.05) is 17.7 Å². The zero-order valence-electron chi connectivity index (χ0n) is 10.6. The molecule has 0 aliphatic rings. The monoisotopic (exact) mass is 296 g/mol. The van der Waals surface area contributed by atoms with E-state index in [4.69, 9.17) is 16.3 Å². The number of carbonyl (C=O) groups is 1. The van der Waals surface area contributed by atoms with Crippen molar-refractivity contribution in [2.45, 2.75) is 6.42 Å². The summed E-state index contributed by atoms with van der Waals surface area (Å²) >= 11 is 5.62. The largest absolute Gasteiger partial charge is 0.494 e. The molecule has 5 heteroatoms. The third-order valence-electron chi connectivity index (χ3n) is 2.82. The summed E-state index contributed by atoms with van der Waals surface area (Å²) in [5.41, 5.74) is 0.793. The highest BCUT2D eigenvalue weighted by atomic mass is 35.5. The topological polar surface area (TPSA) is 26.3 Å². The van der Waals surface area contributed by atoms with Crippen LogP contribution < -0.4 is 4.74 Å². The fourth-order valence-corrected chi connectivity index (χ4v) is 1.96. The van der Waals surface area contributed by atoms with Crippen molar-refractivity contribution in [1.82, 2.24) is 0 Å². The second-order valence-corrected chi connectivity index (χ2v) is 4.60. The van der Waals surface area contributed by atoms with E-state index >= 15 is 0 Å². The fraction of sp³-hybridized carbons (Fsp3) is 0.133. The van der Waals surface area contributed by atoms with Gasteiger partial charge in [0.05, 0.1) is 12.1 Å². The molecule has 0 spiro atoms. The van der Waals surface area contributed by atoms with Crippen LogP contribution in [0.1, 0.15) is 15.9 Å². The van der Waals surface area contributed by atoms with Crippen LogP contribution in [0.4, 0.5) is 8.78 Å². The lowest BCUT2D eigenvalue weighted by Gasteiger charge is -2.05. The van der Waals surface area contributed by atoms with E-state index in [2.05, 4.69) is 0 Å². The summed E-state index contributed by atoms with van der Waals surface area (Å²) in [5, 5.41) is -0.114. The second-order valence-electron chi connectivity index (χ2n) is 4.20. The van der Waals surface area contributed by atoms with Gasteiger partial charge in [0.2, 0.25) is 0 Å². The lowest BCUT2D eigenvalue weighted by molar-refractivity contribution is 0.0993.